The molecule has 0 radical (unpaired) electrons. The molecule has 0 spiro atoms. The molecule has 4 unspecified atom stereocenters. The smallest absolute Gasteiger partial charge is 0.0728 e. The van der Waals surface area contributed by atoms with Gasteiger partial charge in [0.2, 0.25) is 0 Å². The topological polar surface area (TPSA) is 30.2 Å². The quantitative estimate of drug-likeness (QED) is 0.156. The normalized spacial score (nSPS) is 31.9. The molecule has 10 aliphatic carbocycles. The van der Waals surface area contributed by atoms with Crippen LogP contribution in [0.15, 0.2) is 54.9 Å². The van der Waals surface area contributed by atoms with Crippen LogP contribution in [0.5, 0.6) is 0 Å². The van der Waals surface area contributed by atoms with Crippen molar-refractivity contribution in [2.24, 2.45) is 23.7 Å². The predicted molar refractivity (Wildman–Crippen MR) is 223 cm³/mol. The summed E-state index contributed by atoms with van der Waals surface area (Å²) in [5.74, 6) is 6.01. The Hall–Kier alpha value is -4.24. The summed E-state index contributed by atoms with van der Waals surface area (Å²) in [4.78, 5) is 11.1. The van der Waals surface area contributed by atoms with Crippen molar-refractivity contribution >= 4 is 38.1 Å². The number of fused-ring (bicyclic) bond motifs is 13. The fourth-order valence-corrected chi connectivity index (χ4v) is 16.2. The Kier molecular flexibility index (Phi) is 5.07. The molecule has 4 atom stereocenters. The van der Waals surface area contributed by atoms with E-state index < -0.39 is 0 Å². The predicted octanol–water partition coefficient (Wildman–Crippen LogP) is 13.0. The Morgan fingerprint density at radius 2 is 1.04 bits per heavy atom. The van der Waals surface area contributed by atoms with Crippen LogP contribution in [0.25, 0.3) is 60.3 Å². The third-order valence-corrected chi connectivity index (χ3v) is 18.0. The minimum atomic E-state index is -0.140. The lowest BCUT2D eigenvalue weighted by atomic mass is 9.67. The summed E-state index contributed by atoms with van der Waals surface area (Å²) in [7, 11) is 0. The van der Waals surface area contributed by atoms with Crippen LogP contribution in [0.1, 0.15) is 160 Å². The molecule has 272 valence electrons. The monoisotopic (exact) mass is 715 g/mol. The lowest BCUT2D eigenvalue weighted by Crippen LogP contribution is -2.25. The Labute approximate surface area is 323 Å². The summed E-state index contributed by atoms with van der Waals surface area (Å²) < 4.78 is 2.71. The summed E-state index contributed by atoms with van der Waals surface area (Å²) in [5, 5.41) is 6.17. The van der Waals surface area contributed by atoms with E-state index in [1.807, 2.05) is 0 Å². The molecule has 3 nitrogen and oxygen atoms in total. The highest BCUT2D eigenvalue weighted by Gasteiger charge is 2.49. The van der Waals surface area contributed by atoms with Gasteiger partial charge in [-0.05, 0) is 174 Å². The Bertz CT molecular complexity index is 2930. The van der Waals surface area contributed by atoms with E-state index in [-0.39, 0.29) is 10.8 Å². The molecular weight excluding hydrogens is 667 g/mol. The van der Waals surface area contributed by atoms with Crippen LogP contribution in [0, 0.1) is 23.7 Å². The number of benzene rings is 3. The molecule has 4 aromatic heterocycles. The van der Waals surface area contributed by atoms with Crippen LogP contribution < -0.4 is 0 Å². The van der Waals surface area contributed by atoms with Gasteiger partial charge >= 0.3 is 0 Å². The largest absolute Gasteiger partial charge is 0.305 e. The maximum atomic E-state index is 5.58. The van der Waals surface area contributed by atoms with Crippen molar-refractivity contribution in [3.05, 3.63) is 99.6 Å². The van der Waals surface area contributed by atoms with E-state index in [0.717, 1.165) is 23.7 Å². The van der Waals surface area contributed by atoms with Gasteiger partial charge in [0.15, 0.2) is 0 Å². The molecule has 4 saturated carbocycles. The van der Waals surface area contributed by atoms with Crippen molar-refractivity contribution in [2.75, 3.05) is 0 Å². The molecule has 4 fully saturated rings. The van der Waals surface area contributed by atoms with Gasteiger partial charge in [-0.2, -0.15) is 0 Å². The lowest BCUT2D eigenvalue weighted by molar-refractivity contribution is 0.165. The first-order valence-corrected chi connectivity index (χ1v) is 22.1. The highest BCUT2D eigenvalue weighted by atomic mass is 15.0. The number of nitrogens with zero attached hydrogens (tertiary/aromatic N) is 3. The lowest BCUT2D eigenvalue weighted by Gasteiger charge is -2.38. The van der Waals surface area contributed by atoms with Gasteiger partial charge in [-0.1, -0.05) is 52.0 Å². The zero-order valence-electron chi connectivity index (χ0n) is 32.7. The van der Waals surface area contributed by atoms with Gasteiger partial charge in [0.05, 0.1) is 28.9 Å². The molecule has 0 aliphatic heterocycles. The molecule has 55 heavy (non-hydrogen) atoms. The summed E-state index contributed by atoms with van der Waals surface area (Å²) in [6.45, 7) is 10.0. The first kappa shape index (κ1) is 30.0. The molecule has 7 aromatic rings. The summed E-state index contributed by atoms with van der Waals surface area (Å²) in [6, 6.07) is 17.2. The van der Waals surface area contributed by atoms with E-state index >= 15 is 0 Å². The first-order valence-electron chi connectivity index (χ1n) is 22.1. The summed E-state index contributed by atoms with van der Waals surface area (Å²) >= 11 is 0. The molecule has 8 bridgehead atoms. The first-order chi connectivity index (χ1) is 26.7. The second-order valence-corrected chi connectivity index (χ2v) is 21.4. The van der Waals surface area contributed by atoms with E-state index in [1.165, 1.54) is 136 Å². The molecule has 3 heteroatoms. The summed E-state index contributed by atoms with van der Waals surface area (Å²) in [5.41, 5.74) is 22.2. The Morgan fingerprint density at radius 3 is 1.67 bits per heavy atom. The number of rotatable bonds is 0. The highest BCUT2D eigenvalue weighted by molar-refractivity contribution is 6.28. The maximum absolute atomic E-state index is 5.58. The molecule has 4 heterocycles. The van der Waals surface area contributed by atoms with Gasteiger partial charge in [0.1, 0.15) is 0 Å². The zero-order valence-corrected chi connectivity index (χ0v) is 32.7. The average molecular weight is 716 g/mol. The number of pyridine rings is 2. The third-order valence-electron chi connectivity index (χ3n) is 18.0. The van der Waals surface area contributed by atoms with Gasteiger partial charge in [-0.25, -0.2) is 0 Å². The van der Waals surface area contributed by atoms with Crippen LogP contribution in [0.3, 0.4) is 0 Å². The van der Waals surface area contributed by atoms with Crippen molar-refractivity contribution in [1.29, 1.82) is 0 Å². The maximum Gasteiger partial charge on any atom is 0.0728 e. The SMILES string of the molecule is CC1(C)c2ccccc2-c2cc3c(cc21)-c1cc2c4c5c(ncc4n4c6cnc7c(c6c(c1C3(C)C)c24)C1CC2CC(CC7C2)C1)C1CC2CC(C1)CC5C2. The van der Waals surface area contributed by atoms with Crippen LogP contribution in [-0.2, 0) is 10.8 Å². The molecular formula is C52H49N3. The van der Waals surface area contributed by atoms with Gasteiger partial charge in [-0.15, -0.1) is 0 Å². The van der Waals surface area contributed by atoms with Gasteiger partial charge in [0, 0.05) is 55.6 Å². The Morgan fingerprint density at radius 1 is 0.509 bits per heavy atom. The van der Waals surface area contributed by atoms with E-state index in [0.29, 0.717) is 23.7 Å². The van der Waals surface area contributed by atoms with E-state index in [9.17, 15) is 0 Å². The minimum absolute atomic E-state index is 0.0278. The van der Waals surface area contributed by atoms with Crippen LogP contribution in [0.2, 0.25) is 0 Å². The van der Waals surface area contributed by atoms with Crippen molar-refractivity contribution in [2.45, 2.75) is 126 Å². The fourth-order valence-electron chi connectivity index (χ4n) is 16.2. The average Bonchev–Trinajstić information content (AvgIpc) is 3.74. The Balaban J connectivity index is 1.12. The minimum Gasteiger partial charge on any atom is -0.305 e. The van der Waals surface area contributed by atoms with Crippen LogP contribution >= 0.6 is 0 Å². The van der Waals surface area contributed by atoms with Gasteiger partial charge < -0.3 is 4.40 Å². The second kappa shape index (κ2) is 9.30. The zero-order chi connectivity index (χ0) is 36.0. The van der Waals surface area contributed by atoms with Crippen molar-refractivity contribution < 1.29 is 0 Å². The molecule has 0 saturated heterocycles. The molecule has 0 N–H and O–H groups in total. The van der Waals surface area contributed by atoms with E-state index in [2.05, 4.69) is 87.0 Å². The third kappa shape index (κ3) is 3.33. The number of hydrogen-bond donors (Lipinski definition) is 0. The van der Waals surface area contributed by atoms with Crippen LogP contribution in [-0.4, -0.2) is 14.4 Å². The molecule has 0 amide bonds. The van der Waals surface area contributed by atoms with Crippen LogP contribution in [0.4, 0.5) is 0 Å². The van der Waals surface area contributed by atoms with Gasteiger partial charge in [-0.3, -0.25) is 9.97 Å². The number of aromatic nitrogens is 3. The highest BCUT2D eigenvalue weighted by Crippen LogP contribution is 2.64. The fraction of sp³-hybridized carbons (Fsp3) is 0.462. The molecule has 3 aromatic carbocycles. The van der Waals surface area contributed by atoms with Crippen molar-refractivity contribution in [3.8, 4) is 22.3 Å². The van der Waals surface area contributed by atoms with E-state index in [1.54, 1.807) is 32.8 Å². The second-order valence-electron chi connectivity index (χ2n) is 21.4. The molecule has 10 aliphatic rings. The van der Waals surface area contributed by atoms with Gasteiger partial charge in [0.25, 0.3) is 0 Å². The van der Waals surface area contributed by atoms with Crippen molar-refractivity contribution in [3.63, 3.8) is 0 Å². The van der Waals surface area contributed by atoms with E-state index in [4.69, 9.17) is 9.97 Å². The standard InChI is InChI=1S/C52H49N3/c1-51(2)37-8-6-5-7-32(37)33-20-39-34(21-38(33)51)35-19-36-44-40(22-53-48-30-15-24-9-25(16-30)12-28(11-24)42(44)48)55-41-23-54-49-31-17-26-10-27(18-31)14-29(13-26)43(49)45(41)46(50(36)55)47(35)52(39,3)4/h5-8,19-31H,9-18H2,1-4H3. The molecule has 17 rings (SSSR count). The van der Waals surface area contributed by atoms with Crippen molar-refractivity contribution in [1.82, 2.24) is 14.4 Å². The number of hydrogen-bond acceptors (Lipinski definition) is 2. The summed E-state index contributed by atoms with van der Waals surface area (Å²) in [6.07, 6.45) is 18.4.